The maximum atomic E-state index is 13.0. The zero-order valence-electron chi connectivity index (χ0n) is 18.6. The number of thiocarbonyl (C=S) groups is 1. The highest BCUT2D eigenvalue weighted by Gasteiger charge is 2.33. The molecular formula is C27H25NO3S2. The van der Waals surface area contributed by atoms with Gasteiger partial charge in [-0.3, -0.25) is 9.69 Å². The fraction of sp³-hybridized carbons (Fsp3) is 0.185. The van der Waals surface area contributed by atoms with Crippen LogP contribution in [0.1, 0.15) is 23.1 Å². The van der Waals surface area contributed by atoms with Gasteiger partial charge in [0.15, 0.2) is 4.32 Å². The van der Waals surface area contributed by atoms with Gasteiger partial charge in [0.2, 0.25) is 0 Å². The molecule has 0 bridgehead atoms. The van der Waals surface area contributed by atoms with Gasteiger partial charge < -0.3 is 9.47 Å². The van der Waals surface area contributed by atoms with Crippen LogP contribution < -0.4 is 14.4 Å². The number of anilines is 1. The molecule has 4 rings (SSSR count). The number of benzene rings is 3. The standard InChI is InChI=1S/C27H25NO3S2/c1-19-13-14-23(17-20(19)2)30-15-8-16-31-24-12-7-6-9-21(24)18-25-26(29)28(27(32)33-25)22-10-4-3-5-11-22/h3-7,9-14,17-18H,8,15-16H2,1-2H3/b25-18-. The number of ether oxygens (including phenoxy) is 2. The predicted molar refractivity (Wildman–Crippen MR) is 140 cm³/mol. The lowest BCUT2D eigenvalue weighted by atomic mass is 10.1. The van der Waals surface area contributed by atoms with E-state index in [9.17, 15) is 4.79 Å². The number of rotatable bonds is 8. The maximum Gasteiger partial charge on any atom is 0.270 e. The minimum absolute atomic E-state index is 0.118. The number of thioether (sulfide) groups is 1. The van der Waals surface area contributed by atoms with Gasteiger partial charge in [-0.05, 0) is 61.4 Å². The van der Waals surface area contributed by atoms with Crippen LogP contribution in [0.2, 0.25) is 0 Å². The second kappa shape index (κ2) is 10.7. The maximum absolute atomic E-state index is 13.0. The van der Waals surface area contributed by atoms with Crippen molar-refractivity contribution in [2.75, 3.05) is 18.1 Å². The summed E-state index contributed by atoms with van der Waals surface area (Å²) in [5.41, 5.74) is 4.09. The molecule has 4 nitrogen and oxygen atoms in total. The van der Waals surface area contributed by atoms with Gasteiger partial charge in [-0.2, -0.15) is 0 Å². The lowest BCUT2D eigenvalue weighted by molar-refractivity contribution is -0.113. The molecule has 0 unspecified atom stereocenters. The number of amides is 1. The van der Waals surface area contributed by atoms with E-state index < -0.39 is 0 Å². The van der Waals surface area contributed by atoms with Gasteiger partial charge in [0.25, 0.3) is 5.91 Å². The second-order valence-corrected chi connectivity index (χ2v) is 9.36. The highest BCUT2D eigenvalue weighted by atomic mass is 32.2. The number of hydrogen-bond acceptors (Lipinski definition) is 5. The summed E-state index contributed by atoms with van der Waals surface area (Å²) in [5.74, 6) is 1.49. The van der Waals surface area contributed by atoms with Crippen LogP contribution in [-0.4, -0.2) is 23.4 Å². The van der Waals surface area contributed by atoms with E-state index in [1.807, 2.05) is 66.7 Å². The van der Waals surface area contributed by atoms with Gasteiger partial charge in [0, 0.05) is 12.0 Å². The summed E-state index contributed by atoms with van der Waals surface area (Å²) >= 11 is 6.77. The molecule has 0 aliphatic carbocycles. The Hall–Kier alpha value is -3.09. The molecule has 6 heteroatoms. The number of aryl methyl sites for hydroxylation is 2. The predicted octanol–water partition coefficient (Wildman–Crippen LogP) is 6.56. The number of nitrogens with zero attached hydrogens (tertiary/aromatic N) is 1. The Morgan fingerprint density at radius 3 is 2.42 bits per heavy atom. The molecule has 168 valence electrons. The van der Waals surface area contributed by atoms with Gasteiger partial charge in [0.1, 0.15) is 11.5 Å². The molecule has 0 atom stereocenters. The van der Waals surface area contributed by atoms with E-state index in [0.717, 1.165) is 29.2 Å². The molecule has 1 saturated heterocycles. The Balaban J connectivity index is 1.37. The summed E-state index contributed by atoms with van der Waals surface area (Å²) in [5, 5.41) is 0. The average molecular weight is 476 g/mol. The Bertz CT molecular complexity index is 1190. The van der Waals surface area contributed by atoms with Gasteiger partial charge in [-0.25, -0.2) is 0 Å². The Morgan fingerprint density at radius 2 is 1.64 bits per heavy atom. The molecule has 1 fully saturated rings. The smallest absolute Gasteiger partial charge is 0.270 e. The molecule has 0 N–H and O–H groups in total. The first-order valence-corrected chi connectivity index (χ1v) is 12.0. The highest BCUT2D eigenvalue weighted by molar-refractivity contribution is 8.27. The summed E-state index contributed by atoms with van der Waals surface area (Å²) in [6, 6.07) is 23.3. The van der Waals surface area contributed by atoms with Crippen LogP contribution in [0.5, 0.6) is 11.5 Å². The van der Waals surface area contributed by atoms with Crippen molar-refractivity contribution in [1.82, 2.24) is 0 Å². The van der Waals surface area contributed by atoms with E-state index in [0.29, 0.717) is 22.4 Å². The summed E-state index contributed by atoms with van der Waals surface area (Å²) in [4.78, 5) is 15.2. The van der Waals surface area contributed by atoms with Crippen LogP contribution in [0, 0.1) is 13.8 Å². The van der Waals surface area contributed by atoms with Crippen LogP contribution in [0.3, 0.4) is 0 Å². The fourth-order valence-corrected chi connectivity index (χ4v) is 4.66. The molecule has 3 aromatic rings. The first kappa shape index (κ1) is 23.1. The van der Waals surface area contributed by atoms with Crippen molar-refractivity contribution in [3.05, 3.63) is 94.4 Å². The molecular weight excluding hydrogens is 450 g/mol. The molecule has 1 aliphatic rings. The van der Waals surface area contributed by atoms with Gasteiger partial charge in [0.05, 0.1) is 23.8 Å². The third-order valence-corrected chi connectivity index (χ3v) is 6.61. The molecule has 1 heterocycles. The molecule has 33 heavy (non-hydrogen) atoms. The van der Waals surface area contributed by atoms with E-state index >= 15 is 0 Å². The number of hydrogen-bond donors (Lipinski definition) is 0. The quantitative estimate of drug-likeness (QED) is 0.210. The third kappa shape index (κ3) is 5.64. The Labute approximate surface area is 204 Å². The van der Waals surface area contributed by atoms with E-state index in [4.69, 9.17) is 21.7 Å². The first-order chi connectivity index (χ1) is 16.0. The molecule has 3 aromatic carbocycles. The van der Waals surface area contributed by atoms with Crippen molar-refractivity contribution in [1.29, 1.82) is 0 Å². The van der Waals surface area contributed by atoms with E-state index in [2.05, 4.69) is 26.0 Å². The molecule has 1 aliphatic heterocycles. The van der Waals surface area contributed by atoms with Crippen molar-refractivity contribution < 1.29 is 14.3 Å². The fourth-order valence-electron chi connectivity index (χ4n) is 3.37. The van der Waals surface area contributed by atoms with Crippen molar-refractivity contribution in [2.24, 2.45) is 0 Å². The normalized spacial score (nSPS) is 14.7. The lowest BCUT2D eigenvalue weighted by Crippen LogP contribution is -2.27. The summed E-state index contributed by atoms with van der Waals surface area (Å²) in [6.07, 6.45) is 2.60. The molecule has 0 saturated carbocycles. The van der Waals surface area contributed by atoms with Gasteiger partial charge >= 0.3 is 0 Å². The van der Waals surface area contributed by atoms with Crippen LogP contribution in [0.25, 0.3) is 6.08 Å². The van der Waals surface area contributed by atoms with E-state index in [1.165, 1.54) is 22.9 Å². The van der Waals surface area contributed by atoms with Crippen LogP contribution in [0.15, 0.2) is 77.7 Å². The molecule has 0 radical (unpaired) electrons. The topological polar surface area (TPSA) is 38.8 Å². The van der Waals surface area contributed by atoms with Gasteiger partial charge in [-0.1, -0.05) is 66.4 Å². The zero-order chi connectivity index (χ0) is 23.2. The second-order valence-electron chi connectivity index (χ2n) is 7.69. The van der Waals surface area contributed by atoms with Crippen LogP contribution >= 0.6 is 24.0 Å². The Morgan fingerprint density at radius 1 is 0.909 bits per heavy atom. The molecule has 0 spiro atoms. The summed E-state index contributed by atoms with van der Waals surface area (Å²) in [7, 11) is 0. The number of carbonyl (C=O) groups is 1. The number of carbonyl (C=O) groups excluding carboxylic acids is 1. The highest BCUT2D eigenvalue weighted by Crippen LogP contribution is 2.37. The van der Waals surface area contributed by atoms with E-state index in [-0.39, 0.29) is 5.91 Å². The van der Waals surface area contributed by atoms with Gasteiger partial charge in [-0.15, -0.1) is 0 Å². The minimum atomic E-state index is -0.118. The van der Waals surface area contributed by atoms with Crippen molar-refractivity contribution in [3.63, 3.8) is 0 Å². The van der Waals surface area contributed by atoms with E-state index in [1.54, 1.807) is 4.90 Å². The lowest BCUT2D eigenvalue weighted by Gasteiger charge is -2.14. The third-order valence-electron chi connectivity index (χ3n) is 5.31. The van der Waals surface area contributed by atoms with Crippen molar-refractivity contribution in [2.45, 2.75) is 20.3 Å². The molecule has 0 aromatic heterocycles. The Kier molecular flexibility index (Phi) is 7.47. The molecule has 1 amide bonds. The summed E-state index contributed by atoms with van der Waals surface area (Å²) in [6.45, 7) is 5.25. The largest absolute Gasteiger partial charge is 0.493 e. The number of para-hydroxylation sites is 2. The zero-order valence-corrected chi connectivity index (χ0v) is 20.2. The van der Waals surface area contributed by atoms with Crippen LogP contribution in [-0.2, 0) is 4.79 Å². The van der Waals surface area contributed by atoms with Crippen molar-refractivity contribution in [3.8, 4) is 11.5 Å². The SMILES string of the molecule is Cc1ccc(OCCCOc2ccccc2/C=C2\SC(=S)N(c3ccccc3)C2=O)cc1C. The van der Waals surface area contributed by atoms with Crippen LogP contribution in [0.4, 0.5) is 5.69 Å². The average Bonchev–Trinajstić information content (AvgIpc) is 3.10. The summed E-state index contributed by atoms with van der Waals surface area (Å²) < 4.78 is 12.4. The minimum Gasteiger partial charge on any atom is -0.493 e. The first-order valence-electron chi connectivity index (χ1n) is 10.8. The van der Waals surface area contributed by atoms with Crippen molar-refractivity contribution >= 4 is 46.0 Å². The monoisotopic (exact) mass is 475 g/mol.